The largest absolute Gasteiger partial charge is 0.691 e. The van der Waals surface area contributed by atoms with Crippen molar-refractivity contribution in [3.05, 3.63) is 69.9 Å². The molecule has 0 aliphatic rings. The highest BCUT2D eigenvalue weighted by atomic mass is 16.5. The number of hydrogen-bond donors (Lipinski definition) is 0. The van der Waals surface area contributed by atoms with Gasteiger partial charge in [-0.2, -0.15) is 12.7 Å². The van der Waals surface area contributed by atoms with E-state index in [1.54, 1.807) is 28.4 Å². The molecule has 0 heterocycles. The van der Waals surface area contributed by atoms with Gasteiger partial charge in [0.15, 0.2) is 11.5 Å². The first-order chi connectivity index (χ1) is 12.6. The SMILES string of the molecule is C[N-]/C(=C\c1ccc(OC)c(OC)c1)[C@H](Cc1ccc(OC)cc1)[N-]C. The van der Waals surface area contributed by atoms with Crippen LogP contribution in [0.15, 0.2) is 48.2 Å². The molecule has 5 heteroatoms. The molecule has 0 unspecified atom stereocenters. The third kappa shape index (κ3) is 4.92. The van der Waals surface area contributed by atoms with Gasteiger partial charge in [-0.1, -0.05) is 24.3 Å². The van der Waals surface area contributed by atoms with Crippen molar-refractivity contribution in [1.29, 1.82) is 0 Å². The molecule has 0 aromatic heterocycles. The first-order valence-electron chi connectivity index (χ1n) is 8.40. The summed E-state index contributed by atoms with van der Waals surface area (Å²) in [4.78, 5) is 0. The molecule has 26 heavy (non-hydrogen) atoms. The molecule has 0 bridgehead atoms. The van der Waals surface area contributed by atoms with E-state index < -0.39 is 0 Å². The molecular weight excluding hydrogens is 328 g/mol. The Morgan fingerprint density at radius 3 is 2.15 bits per heavy atom. The second-order valence-corrected chi connectivity index (χ2v) is 5.73. The molecule has 2 rings (SSSR count). The number of nitrogens with zero attached hydrogens (tertiary/aromatic N) is 2. The van der Waals surface area contributed by atoms with Crippen LogP contribution in [-0.2, 0) is 6.42 Å². The maximum absolute atomic E-state index is 5.38. The molecular formula is C21H26N2O3-2. The second kappa shape index (κ2) is 9.73. The van der Waals surface area contributed by atoms with Crippen LogP contribution in [0.3, 0.4) is 0 Å². The minimum absolute atomic E-state index is 0.0264. The molecule has 0 saturated heterocycles. The Morgan fingerprint density at radius 1 is 0.923 bits per heavy atom. The van der Waals surface area contributed by atoms with Crippen molar-refractivity contribution in [2.24, 2.45) is 0 Å². The van der Waals surface area contributed by atoms with Crippen molar-refractivity contribution in [3.8, 4) is 17.2 Å². The molecule has 0 fully saturated rings. The lowest BCUT2D eigenvalue weighted by molar-refractivity contribution is 0.355. The van der Waals surface area contributed by atoms with Gasteiger partial charge in [0.2, 0.25) is 0 Å². The third-order valence-corrected chi connectivity index (χ3v) is 4.22. The summed E-state index contributed by atoms with van der Waals surface area (Å²) in [6, 6.07) is 13.8. The zero-order valence-electron chi connectivity index (χ0n) is 16.0. The standard InChI is InChI=1S/C21H26N2O3/c1-22-18(12-15-6-9-17(24-3)10-7-15)19(23-2)13-16-8-11-20(25-4)21(14-16)26-5/h6-11,13-14,18H,12H2,1-5H3/q-2/b19-13-/t18-/m0/s1. The fourth-order valence-corrected chi connectivity index (χ4v) is 2.74. The lowest BCUT2D eigenvalue weighted by Crippen LogP contribution is -2.12. The van der Waals surface area contributed by atoms with E-state index in [9.17, 15) is 0 Å². The summed E-state index contributed by atoms with van der Waals surface area (Å²) in [5.41, 5.74) is 3.09. The van der Waals surface area contributed by atoms with Crippen LogP contribution in [0.5, 0.6) is 17.2 Å². The molecule has 0 amide bonds. The van der Waals surface area contributed by atoms with E-state index >= 15 is 0 Å². The van der Waals surface area contributed by atoms with Crippen LogP contribution in [0.25, 0.3) is 16.7 Å². The lowest BCUT2D eigenvalue weighted by atomic mass is 10.0. The summed E-state index contributed by atoms with van der Waals surface area (Å²) < 4.78 is 15.9. The van der Waals surface area contributed by atoms with Crippen LogP contribution in [-0.4, -0.2) is 41.5 Å². The van der Waals surface area contributed by atoms with Crippen molar-refractivity contribution in [2.45, 2.75) is 12.5 Å². The Hall–Kier alpha value is -2.66. The molecule has 140 valence electrons. The molecule has 0 saturated carbocycles. The highest BCUT2D eigenvalue weighted by Crippen LogP contribution is 2.30. The van der Waals surface area contributed by atoms with E-state index in [4.69, 9.17) is 14.2 Å². The normalized spacial score (nSPS) is 12.4. The topological polar surface area (TPSA) is 55.9 Å². The van der Waals surface area contributed by atoms with E-state index in [1.165, 1.54) is 5.56 Å². The van der Waals surface area contributed by atoms with Crippen LogP contribution in [0.1, 0.15) is 11.1 Å². The average molecular weight is 354 g/mol. The molecule has 2 aromatic carbocycles. The lowest BCUT2D eigenvalue weighted by Gasteiger charge is -2.38. The molecule has 0 aliphatic heterocycles. The minimum Gasteiger partial charge on any atom is -0.691 e. The number of rotatable bonds is 9. The van der Waals surface area contributed by atoms with Crippen LogP contribution in [0.2, 0.25) is 0 Å². The Kier molecular flexibility index (Phi) is 7.36. The van der Waals surface area contributed by atoms with Gasteiger partial charge in [-0.05, 0) is 41.8 Å². The molecule has 0 spiro atoms. The molecule has 0 radical (unpaired) electrons. The maximum atomic E-state index is 5.38. The smallest absolute Gasteiger partial charge is 0.161 e. The van der Waals surface area contributed by atoms with Gasteiger partial charge in [-0.15, -0.1) is 13.1 Å². The summed E-state index contributed by atoms with van der Waals surface area (Å²) in [6.07, 6.45) is 2.81. The second-order valence-electron chi connectivity index (χ2n) is 5.73. The molecule has 1 atom stereocenters. The Labute approximate surface area is 156 Å². The third-order valence-electron chi connectivity index (χ3n) is 4.22. The molecule has 0 aliphatic carbocycles. The van der Waals surface area contributed by atoms with E-state index in [2.05, 4.69) is 22.8 Å². The summed E-state index contributed by atoms with van der Waals surface area (Å²) in [7, 11) is 8.53. The number of hydrogen-bond acceptors (Lipinski definition) is 3. The van der Waals surface area contributed by atoms with Gasteiger partial charge in [0.1, 0.15) is 5.75 Å². The molecule has 2 aromatic rings. The van der Waals surface area contributed by atoms with Gasteiger partial charge in [0.25, 0.3) is 0 Å². The fourth-order valence-electron chi connectivity index (χ4n) is 2.74. The van der Waals surface area contributed by atoms with Gasteiger partial charge in [-0.3, -0.25) is 0 Å². The minimum atomic E-state index is -0.0264. The summed E-state index contributed by atoms with van der Waals surface area (Å²) in [5.74, 6) is 2.24. The van der Waals surface area contributed by atoms with E-state index in [-0.39, 0.29) is 6.04 Å². The van der Waals surface area contributed by atoms with Crippen LogP contribution in [0.4, 0.5) is 0 Å². The maximum Gasteiger partial charge on any atom is 0.161 e. The van der Waals surface area contributed by atoms with E-state index in [0.717, 1.165) is 23.4 Å². The fraction of sp³-hybridized carbons (Fsp3) is 0.333. The van der Waals surface area contributed by atoms with Gasteiger partial charge in [0.05, 0.1) is 21.3 Å². The van der Waals surface area contributed by atoms with Crippen molar-refractivity contribution in [2.75, 3.05) is 35.4 Å². The number of likely N-dealkylation sites (N-methyl/N-ethyl adjacent to an activating group) is 2. The van der Waals surface area contributed by atoms with E-state index in [1.807, 2.05) is 43.5 Å². The van der Waals surface area contributed by atoms with Crippen LogP contribution < -0.4 is 14.2 Å². The number of ether oxygens (including phenoxy) is 3. The monoisotopic (exact) mass is 354 g/mol. The van der Waals surface area contributed by atoms with E-state index in [0.29, 0.717) is 11.5 Å². The van der Waals surface area contributed by atoms with Crippen LogP contribution in [0, 0.1) is 0 Å². The summed E-state index contributed by atoms with van der Waals surface area (Å²) >= 11 is 0. The summed E-state index contributed by atoms with van der Waals surface area (Å²) in [5, 5.41) is 8.97. The van der Waals surface area contributed by atoms with Crippen molar-refractivity contribution in [1.82, 2.24) is 0 Å². The highest BCUT2D eigenvalue weighted by Gasteiger charge is 2.04. The van der Waals surface area contributed by atoms with Crippen molar-refractivity contribution >= 4 is 6.08 Å². The zero-order valence-corrected chi connectivity index (χ0v) is 16.0. The van der Waals surface area contributed by atoms with Crippen molar-refractivity contribution < 1.29 is 14.2 Å². The zero-order chi connectivity index (χ0) is 18.9. The quantitative estimate of drug-likeness (QED) is 0.657. The highest BCUT2D eigenvalue weighted by molar-refractivity contribution is 5.61. The predicted molar refractivity (Wildman–Crippen MR) is 107 cm³/mol. The van der Waals surface area contributed by atoms with Gasteiger partial charge >= 0.3 is 0 Å². The number of benzene rings is 2. The molecule has 0 N–H and O–H groups in total. The summed E-state index contributed by atoms with van der Waals surface area (Å²) in [6.45, 7) is 0. The van der Waals surface area contributed by atoms with Crippen molar-refractivity contribution in [3.63, 3.8) is 0 Å². The Bertz CT molecular complexity index is 727. The Balaban J connectivity index is 2.23. The van der Waals surface area contributed by atoms with Gasteiger partial charge in [-0.25, -0.2) is 0 Å². The Morgan fingerprint density at radius 2 is 1.62 bits per heavy atom. The predicted octanol–water partition coefficient (Wildman–Crippen LogP) is 4.67. The van der Waals surface area contributed by atoms with Crippen LogP contribution >= 0.6 is 0 Å². The van der Waals surface area contributed by atoms with Gasteiger partial charge < -0.3 is 24.8 Å². The number of methoxy groups -OCH3 is 3. The molecule has 5 nitrogen and oxygen atoms in total. The van der Waals surface area contributed by atoms with Gasteiger partial charge in [0, 0.05) is 0 Å². The average Bonchev–Trinajstić information content (AvgIpc) is 2.70. The first-order valence-corrected chi connectivity index (χ1v) is 8.40. The first kappa shape index (κ1) is 19.7.